The van der Waals surface area contributed by atoms with Gasteiger partial charge >= 0.3 is 0 Å². The molecule has 1 aliphatic rings. The molecule has 0 aliphatic heterocycles. The monoisotopic (exact) mass is 328 g/mol. The highest BCUT2D eigenvalue weighted by Crippen LogP contribution is 2.51. The second-order valence-electron chi connectivity index (χ2n) is 7.00. The molecule has 0 N–H and O–H groups in total. The molecule has 1 aliphatic carbocycles. The summed E-state index contributed by atoms with van der Waals surface area (Å²) in [6.45, 7) is 0. The molecule has 0 aromatic heterocycles. The van der Waals surface area contributed by atoms with Crippen LogP contribution in [0.4, 0.5) is 0 Å². The van der Waals surface area contributed by atoms with Gasteiger partial charge in [0.05, 0.1) is 0 Å². The summed E-state index contributed by atoms with van der Waals surface area (Å²) in [5.41, 5.74) is 8.01. The molecular weight excluding hydrogens is 312 g/mol. The maximum Gasteiger partial charge on any atom is -0.00199 e. The zero-order valence-electron chi connectivity index (χ0n) is 14.2. The van der Waals surface area contributed by atoms with Gasteiger partial charge in [0.25, 0.3) is 0 Å². The van der Waals surface area contributed by atoms with Gasteiger partial charge in [-0.15, -0.1) is 0 Å². The first-order valence-electron chi connectivity index (χ1n) is 9.05. The van der Waals surface area contributed by atoms with Gasteiger partial charge in [0.1, 0.15) is 0 Å². The number of hydrogen-bond donors (Lipinski definition) is 0. The second kappa shape index (κ2) is 5.06. The Balaban J connectivity index is 1.78. The molecule has 0 nitrogen and oxygen atoms in total. The Hall–Kier alpha value is -3.38. The van der Waals surface area contributed by atoms with Gasteiger partial charge in [-0.3, -0.25) is 0 Å². The summed E-state index contributed by atoms with van der Waals surface area (Å²) in [4.78, 5) is 0. The minimum Gasteiger partial charge on any atom is -0.0622 e. The van der Waals surface area contributed by atoms with Gasteiger partial charge in [0.2, 0.25) is 0 Å². The highest BCUT2D eigenvalue weighted by Gasteiger charge is 2.23. The zero-order valence-corrected chi connectivity index (χ0v) is 14.2. The first kappa shape index (κ1) is 13.9. The van der Waals surface area contributed by atoms with Crippen LogP contribution in [0, 0.1) is 0 Å². The summed E-state index contributed by atoms with van der Waals surface area (Å²) in [5, 5.41) is 5.35. The van der Waals surface area contributed by atoms with Crippen LogP contribution in [0.2, 0.25) is 0 Å². The van der Waals surface area contributed by atoms with E-state index in [-0.39, 0.29) is 0 Å². The summed E-state index contributed by atoms with van der Waals surface area (Å²) in [5.74, 6) is 0. The van der Waals surface area contributed by atoms with Gasteiger partial charge < -0.3 is 0 Å². The Morgan fingerprint density at radius 2 is 1.23 bits per heavy atom. The van der Waals surface area contributed by atoms with E-state index in [0.29, 0.717) is 0 Å². The second-order valence-corrected chi connectivity index (χ2v) is 7.00. The summed E-state index contributed by atoms with van der Waals surface area (Å²) < 4.78 is 0. The van der Waals surface area contributed by atoms with E-state index in [0.717, 1.165) is 0 Å². The first-order valence-corrected chi connectivity index (χ1v) is 9.05. The average molecular weight is 328 g/mol. The van der Waals surface area contributed by atoms with E-state index in [1.807, 2.05) is 0 Å². The molecule has 0 saturated heterocycles. The molecule has 0 bridgehead atoms. The summed E-state index contributed by atoms with van der Waals surface area (Å²) in [6, 6.07) is 35.3. The van der Waals surface area contributed by atoms with Crippen molar-refractivity contribution in [2.75, 3.05) is 0 Å². The van der Waals surface area contributed by atoms with Crippen molar-refractivity contribution in [1.29, 1.82) is 0 Å². The smallest absolute Gasteiger partial charge is 0.00199 e. The molecule has 0 fully saturated rings. The SMILES string of the molecule is c1ccc(-c2cc3c4c(cccc4c2)-c2ccc4ccccc4c2-3)cc1. The van der Waals surface area contributed by atoms with Gasteiger partial charge in [0, 0.05) is 0 Å². The van der Waals surface area contributed by atoms with Crippen LogP contribution in [0.3, 0.4) is 0 Å². The van der Waals surface area contributed by atoms with Crippen LogP contribution in [0.1, 0.15) is 0 Å². The third kappa shape index (κ3) is 1.79. The Morgan fingerprint density at radius 3 is 2.15 bits per heavy atom. The van der Waals surface area contributed by atoms with Crippen molar-refractivity contribution in [3.05, 3.63) is 97.1 Å². The van der Waals surface area contributed by atoms with Crippen LogP contribution in [-0.2, 0) is 0 Å². The lowest BCUT2D eigenvalue weighted by Gasteiger charge is -2.09. The fourth-order valence-electron chi connectivity index (χ4n) is 4.43. The minimum absolute atomic E-state index is 1.27. The van der Waals surface area contributed by atoms with Gasteiger partial charge in [-0.25, -0.2) is 0 Å². The summed E-state index contributed by atoms with van der Waals surface area (Å²) in [6.07, 6.45) is 0. The molecule has 0 spiro atoms. The Bertz CT molecular complexity index is 1310. The van der Waals surface area contributed by atoms with E-state index in [1.54, 1.807) is 0 Å². The van der Waals surface area contributed by atoms with Crippen molar-refractivity contribution in [3.8, 4) is 33.4 Å². The van der Waals surface area contributed by atoms with E-state index in [9.17, 15) is 0 Å². The standard InChI is InChI=1S/C26H16/c1-2-7-17(8-3-1)20-15-19-10-6-12-22-23-14-13-18-9-4-5-11-21(18)26(23)24(16-20)25(19)22/h1-16H. The van der Waals surface area contributed by atoms with Gasteiger partial charge in [-0.2, -0.15) is 0 Å². The Kier molecular flexibility index (Phi) is 2.70. The molecule has 0 saturated carbocycles. The van der Waals surface area contributed by atoms with E-state index < -0.39 is 0 Å². The maximum absolute atomic E-state index is 2.37. The van der Waals surface area contributed by atoms with E-state index >= 15 is 0 Å². The molecule has 0 unspecified atom stereocenters. The highest BCUT2D eigenvalue weighted by atomic mass is 14.3. The molecule has 120 valence electrons. The highest BCUT2D eigenvalue weighted by molar-refractivity contribution is 6.22. The third-order valence-electron chi connectivity index (χ3n) is 5.57. The van der Waals surface area contributed by atoms with E-state index in [4.69, 9.17) is 0 Å². The normalized spacial score (nSPS) is 11.8. The fraction of sp³-hybridized carbons (Fsp3) is 0. The third-order valence-corrected chi connectivity index (χ3v) is 5.57. The molecule has 0 amide bonds. The molecule has 6 rings (SSSR count). The Morgan fingerprint density at radius 1 is 0.423 bits per heavy atom. The van der Waals surface area contributed by atoms with Gasteiger partial charge in [-0.1, -0.05) is 84.9 Å². The average Bonchev–Trinajstić information content (AvgIpc) is 3.04. The molecule has 0 atom stereocenters. The van der Waals surface area contributed by atoms with Crippen molar-refractivity contribution in [2.45, 2.75) is 0 Å². The maximum atomic E-state index is 2.37. The van der Waals surface area contributed by atoms with Crippen molar-refractivity contribution < 1.29 is 0 Å². The van der Waals surface area contributed by atoms with Crippen molar-refractivity contribution in [1.82, 2.24) is 0 Å². The Labute approximate surface area is 152 Å². The molecule has 0 heteroatoms. The van der Waals surface area contributed by atoms with E-state index in [1.165, 1.54) is 54.9 Å². The van der Waals surface area contributed by atoms with Gasteiger partial charge in [0.15, 0.2) is 0 Å². The number of benzene rings is 5. The first-order chi connectivity index (χ1) is 12.9. The van der Waals surface area contributed by atoms with Gasteiger partial charge in [-0.05, 0) is 67.1 Å². The molecule has 0 radical (unpaired) electrons. The van der Waals surface area contributed by atoms with Crippen LogP contribution in [0.5, 0.6) is 0 Å². The molecular formula is C26H16. The fourth-order valence-corrected chi connectivity index (χ4v) is 4.43. The number of rotatable bonds is 1. The topological polar surface area (TPSA) is 0 Å². The van der Waals surface area contributed by atoms with E-state index in [2.05, 4.69) is 97.1 Å². The lowest BCUT2D eigenvalue weighted by atomic mass is 9.94. The minimum atomic E-state index is 1.27. The van der Waals surface area contributed by atoms with Crippen molar-refractivity contribution in [2.24, 2.45) is 0 Å². The molecule has 0 heterocycles. The summed E-state index contributed by atoms with van der Waals surface area (Å²) in [7, 11) is 0. The zero-order chi connectivity index (χ0) is 17.1. The van der Waals surface area contributed by atoms with Crippen molar-refractivity contribution >= 4 is 21.5 Å². The molecule has 26 heavy (non-hydrogen) atoms. The van der Waals surface area contributed by atoms with Crippen LogP contribution >= 0.6 is 0 Å². The molecule has 5 aromatic rings. The van der Waals surface area contributed by atoms with Crippen LogP contribution < -0.4 is 0 Å². The van der Waals surface area contributed by atoms with Crippen LogP contribution in [0.15, 0.2) is 97.1 Å². The molecule has 5 aromatic carbocycles. The predicted molar refractivity (Wildman–Crippen MR) is 111 cm³/mol. The van der Waals surface area contributed by atoms with Crippen molar-refractivity contribution in [3.63, 3.8) is 0 Å². The number of hydrogen-bond acceptors (Lipinski definition) is 0. The van der Waals surface area contributed by atoms with Crippen LogP contribution in [-0.4, -0.2) is 0 Å². The predicted octanol–water partition coefficient (Wildman–Crippen LogP) is 7.31. The lowest BCUT2D eigenvalue weighted by molar-refractivity contribution is 1.65. The lowest BCUT2D eigenvalue weighted by Crippen LogP contribution is -1.83. The largest absolute Gasteiger partial charge is 0.0622 e. The van der Waals surface area contributed by atoms with Crippen LogP contribution in [0.25, 0.3) is 54.9 Å². The quantitative estimate of drug-likeness (QED) is 0.297. The summed E-state index contributed by atoms with van der Waals surface area (Å²) >= 11 is 0. The number of fused-ring (bicyclic) bond motifs is 5.